The second kappa shape index (κ2) is 5.46. The molecule has 1 atom stereocenters. The topological polar surface area (TPSA) is 38.0 Å². The Hall–Kier alpha value is -0.860. The first-order valence-corrected chi connectivity index (χ1v) is 5.96. The van der Waals surface area contributed by atoms with Gasteiger partial charge >= 0.3 is 0 Å². The van der Waals surface area contributed by atoms with Gasteiger partial charge in [0.1, 0.15) is 0 Å². The van der Waals surface area contributed by atoms with Crippen LogP contribution in [0.5, 0.6) is 0 Å². The number of hydrogen-bond donors (Lipinski definition) is 2. The zero-order valence-corrected chi connectivity index (χ0v) is 10.9. The zero-order chi connectivity index (χ0) is 12.2. The number of nitrogens with one attached hydrogen (secondary N) is 1. The quantitative estimate of drug-likeness (QED) is 0.818. The van der Waals surface area contributed by atoms with Crippen LogP contribution in [0.1, 0.15) is 38.8 Å². The van der Waals surface area contributed by atoms with Crippen molar-refractivity contribution >= 4 is 0 Å². The van der Waals surface area contributed by atoms with E-state index in [2.05, 4.69) is 57.3 Å². The molecule has 0 amide bonds. The summed E-state index contributed by atoms with van der Waals surface area (Å²) < 4.78 is 0. The van der Waals surface area contributed by atoms with Gasteiger partial charge < -0.3 is 11.1 Å². The van der Waals surface area contributed by atoms with Crippen LogP contribution in [0.15, 0.2) is 24.3 Å². The molecule has 90 valence electrons. The van der Waals surface area contributed by atoms with Crippen molar-refractivity contribution in [1.29, 1.82) is 0 Å². The van der Waals surface area contributed by atoms with Gasteiger partial charge in [0, 0.05) is 19.1 Å². The Balaban J connectivity index is 2.58. The number of nitrogens with two attached hydrogens (primary N) is 1. The molecule has 0 aliphatic heterocycles. The molecule has 0 aliphatic carbocycles. The summed E-state index contributed by atoms with van der Waals surface area (Å²) in [4.78, 5) is 0. The van der Waals surface area contributed by atoms with Crippen molar-refractivity contribution in [2.75, 3.05) is 6.54 Å². The zero-order valence-electron chi connectivity index (χ0n) is 10.9. The van der Waals surface area contributed by atoms with Crippen molar-refractivity contribution in [2.24, 2.45) is 5.73 Å². The van der Waals surface area contributed by atoms with Crippen LogP contribution in [0.4, 0.5) is 0 Å². The van der Waals surface area contributed by atoms with Crippen LogP contribution in [0.2, 0.25) is 0 Å². The fourth-order valence-corrected chi connectivity index (χ4v) is 1.50. The molecule has 16 heavy (non-hydrogen) atoms. The molecule has 0 heterocycles. The lowest BCUT2D eigenvalue weighted by Gasteiger charge is -2.19. The Morgan fingerprint density at radius 3 is 2.19 bits per heavy atom. The molecule has 1 aromatic rings. The van der Waals surface area contributed by atoms with Crippen LogP contribution >= 0.6 is 0 Å². The van der Waals surface area contributed by atoms with Crippen molar-refractivity contribution in [2.45, 2.75) is 45.7 Å². The van der Waals surface area contributed by atoms with Crippen LogP contribution in [-0.4, -0.2) is 12.6 Å². The fourth-order valence-electron chi connectivity index (χ4n) is 1.50. The van der Waals surface area contributed by atoms with Gasteiger partial charge in [-0.3, -0.25) is 0 Å². The molecule has 0 aliphatic rings. The molecule has 3 N–H and O–H groups in total. The summed E-state index contributed by atoms with van der Waals surface area (Å²) in [5.74, 6) is 0. The van der Waals surface area contributed by atoms with Crippen LogP contribution in [0.3, 0.4) is 0 Å². The maximum absolute atomic E-state index is 5.55. The summed E-state index contributed by atoms with van der Waals surface area (Å²) >= 11 is 0. The highest BCUT2D eigenvalue weighted by Crippen LogP contribution is 2.22. The van der Waals surface area contributed by atoms with Gasteiger partial charge in [-0.25, -0.2) is 0 Å². The molecule has 0 unspecified atom stereocenters. The lowest BCUT2D eigenvalue weighted by Crippen LogP contribution is -2.32. The molecule has 0 saturated carbocycles. The molecule has 2 nitrogen and oxygen atoms in total. The normalized spacial score (nSPS) is 13.8. The maximum Gasteiger partial charge on any atom is 0.0208 e. The van der Waals surface area contributed by atoms with Gasteiger partial charge in [-0.05, 0) is 23.5 Å². The molecule has 0 bridgehead atoms. The van der Waals surface area contributed by atoms with Crippen molar-refractivity contribution in [3.8, 4) is 0 Å². The molecular formula is C14H24N2. The van der Waals surface area contributed by atoms with E-state index in [0.29, 0.717) is 12.6 Å². The fraction of sp³-hybridized carbons (Fsp3) is 0.571. The second-order valence-corrected chi connectivity index (χ2v) is 5.46. The Labute approximate surface area is 99.2 Å². The molecule has 2 heteroatoms. The van der Waals surface area contributed by atoms with E-state index >= 15 is 0 Å². The monoisotopic (exact) mass is 220 g/mol. The smallest absolute Gasteiger partial charge is 0.0208 e. The lowest BCUT2D eigenvalue weighted by atomic mass is 9.87. The van der Waals surface area contributed by atoms with Gasteiger partial charge in [-0.15, -0.1) is 0 Å². The largest absolute Gasteiger partial charge is 0.329 e. The van der Waals surface area contributed by atoms with E-state index in [4.69, 9.17) is 5.73 Å². The van der Waals surface area contributed by atoms with Crippen LogP contribution < -0.4 is 11.1 Å². The van der Waals surface area contributed by atoms with Gasteiger partial charge in [0.15, 0.2) is 0 Å². The molecule has 0 aromatic heterocycles. The summed E-state index contributed by atoms with van der Waals surface area (Å²) in [6.07, 6.45) is 0. The molecule has 1 aromatic carbocycles. The van der Waals surface area contributed by atoms with E-state index in [1.807, 2.05) is 0 Å². The first-order chi connectivity index (χ1) is 7.43. The molecule has 0 radical (unpaired) electrons. The van der Waals surface area contributed by atoms with Crippen molar-refractivity contribution in [1.82, 2.24) is 5.32 Å². The predicted molar refractivity (Wildman–Crippen MR) is 70.5 cm³/mol. The van der Waals surface area contributed by atoms with Crippen molar-refractivity contribution in [3.63, 3.8) is 0 Å². The average molecular weight is 220 g/mol. The van der Waals surface area contributed by atoms with Gasteiger partial charge in [-0.2, -0.15) is 0 Å². The summed E-state index contributed by atoms with van der Waals surface area (Å²) in [7, 11) is 0. The standard InChI is InChI=1S/C14H24N2/c1-11(9-15)16-10-12-5-7-13(8-6-12)14(2,3)4/h5-8,11,16H,9-10,15H2,1-4H3/t11-/m0/s1. The van der Waals surface area contributed by atoms with E-state index in [1.165, 1.54) is 11.1 Å². The predicted octanol–water partition coefficient (Wildman–Crippen LogP) is 2.42. The third-order valence-corrected chi connectivity index (χ3v) is 2.83. The molecule has 0 fully saturated rings. The summed E-state index contributed by atoms with van der Waals surface area (Å²) in [6.45, 7) is 10.4. The van der Waals surface area contributed by atoms with E-state index in [9.17, 15) is 0 Å². The van der Waals surface area contributed by atoms with Gasteiger partial charge in [0.2, 0.25) is 0 Å². The Bertz CT molecular complexity index is 309. The molecule has 0 spiro atoms. The molecule has 0 saturated heterocycles. The average Bonchev–Trinajstić information content (AvgIpc) is 2.25. The highest BCUT2D eigenvalue weighted by molar-refractivity contribution is 5.27. The minimum Gasteiger partial charge on any atom is -0.329 e. The first-order valence-electron chi connectivity index (χ1n) is 5.96. The van der Waals surface area contributed by atoms with E-state index < -0.39 is 0 Å². The van der Waals surface area contributed by atoms with Crippen LogP contribution in [0.25, 0.3) is 0 Å². The van der Waals surface area contributed by atoms with Gasteiger partial charge in [0.05, 0.1) is 0 Å². The highest BCUT2D eigenvalue weighted by atomic mass is 14.9. The highest BCUT2D eigenvalue weighted by Gasteiger charge is 2.12. The van der Waals surface area contributed by atoms with Crippen molar-refractivity contribution < 1.29 is 0 Å². The Morgan fingerprint density at radius 2 is 1.75 bits per heavy atom. The van der Waals surface area contributed by atoms with Crippen LogP contribution in [-0.2, 0) is 12.0 Å². The van der Waals surface area contributed by atoms with E-state index in [1.54, 1.807) is 0 Å². The molecular weight excluding hydrogens is 196 g/mol. The number of rotatable bonds is 4. The third kappa shape index (κ3) is 3.95. The third-order valence-electron chi connectivity index (χ3n) is 2.83. The van der Waals surface area contributed by atoms with Crippen molar-refractivity contribution in [3.05, 3.63) is 35.4 Å². The summed E-state index contributed by atoms with van der Waals surface area (Å²) in [6, 6.07) is 9.18. The first kappa shape index (κ1) is 13.2. The minimum atomic E-state index is 0.233. The van der Waals surface area contributed by atoms with Crippen LogP contribution in [0, 0.1) is 0 Å². The van der Waals surface area contributed by atoms with E-state index in [0.717, 1.165) is 6.54 Å². The second-order valence-electron chi connectivity index (χ2n) is 5.46. The Kier molecular flexibility index (Phi) is 4.51. The number of benzene rings is 1. The maximum atomic E-state index is 5.55. The van der Waals surface area contributed by atoms with Gasteiger partial charge in [0.25, 0.3) is 0 Å². The summed E-state index contributed by atoms with van der Waals surface area (Å²) in [5.41, 5.74) is 8.48. The van der Waals surface area contributed by atoms with Gasteiger partial charge in [-0.1, -0.05) is 45.0 Å². The lowest BCUT2D eigenvalue weighted by molar-refractivity contribution is 0.555. The molecule has 1 rings (SSSR count). The number of hydrogen-bond acceptors (Lipinski definition) is 2. The Morgan fingerprint density at radius 1 is 1.19 bits per heavy atom. The van der Waals surface area contributed by atoms with E-state index in [-0.39, 0.29) is 5.41 Å². The SMILES string of the molecule is C[C@@H](CN)NCc1ccc(C(C)(C)C)cc1. The summed E-state index contributed by atoms with van der Waals surface area (Å²) in [5, 5.41) is 3.38. The minimum absolute atomic E-state index is 0.233.